The van der Waals surface area contributed by atoms with Gasteiger partial charge in [0.2, 0.25) is 5.91 Å². The minimum absolute atomic E-state index is 0.0274. The van der Waals surface area contributed by atoms with E-state index in [4.69, 9.17) is 0 Å². The molecule has 106 valence electrons. The quantitative estimate of drug-likeness (QED) is 0.870. The van der Waals surface area contributed by atoms with E-state index < -0.39 is 0 Å². The Morgan fingerprint density at radius 3 is 2.63 bits per heavy atom. The van der Waals surface area contributed by atoms with Crippen LogP contribution in [0.2, 0.25) is 0 Å². The van der Waals surface area contributed by atoms with E-state index in [-0.39, 0.29) is 17.5 Å². The van der Waals surface area contributed by atoms with E-state index in [0.717, 1.165) is 10.0 Å². The smallest absolute Gasteiger partial charge is 0.221 e. The van der Waals surface area contributed by atoms with E-state index in [9.17, 15) is 4.79 Å². The molecule has 0 saturated carbocycles. The molecule has 0 aliphatic carbocycles. The number of hydrogen-bond acceptors (Lipinski definition) is 2. The van der Waals surface area contributed by atoms with Gasteiger partial charge in [0.25, 0.3) is 0 Å². The molecule has 0 spiro atoms. The molecule has 0 radical (unpaired) electrons. The molecule has 0 bridgehead atoms. The summed E-state index contributed by atoms with van der Waals surface area (Å²) < 4.78 is 1.03. The maximum atomic E-state index is 11.8. The van der Waals surface area contributed by atoms with E-state index in [1.54, 1.807) is 0 Å². The molecule has 0 unspecified atom stereocenters. The number of halogens is 1. The zero-order valence-electron chi connectivity index (χ0n) is 12.1. The number of rotatable bonds is 5. The van der Waals surface area contributed by atoms with Gasteiger partial charge >= 0.3 is 0 Å². The van der Waals surface area contributed by atoms with Gasteiger partial charge in [0.1, 0.15) is 0 Å². The Morgan fingerprint density at radius 1 is 1.37 bits per heavy atom. The maximum absolute atomic E-state index is 11.8. The lowest BCUT2D eigenvalue weighted by atomic mass is 10.1. The Morgan fingerprint density at radius 2 is 2.05 bits per heavy atom. The minimum atomic E-state index is 0.0274. The summed E-state index contributed by atoms with van der Waals surface area (Å²) in [5.74, 6) is 0.0734. The van der Waals surface area contributed by atoms with Crippen LogP contribution in [0.1, 0.15) is 45.7 Å². The molecular weight excluding hydrogens is 304 g/mol. The molecule has 1 atom stereocenters. The van der Waals surface area contributed by atoms with Crippen LogP contribution in [-0.4, -0.2) is 18.0 Å². The summed E-state index contributed by atoms with van der Waals surface area (Å²) in [5, 5.41) is 6.32. The van der Waals surface area contributed by atoms with E-state index in [1.165, 1.54) is 0 Å². The van der Waals surface area contributed by atoms with Gasteiger partial charge in [-0.05, 0) is 45.4 Å². The molecule has 1 aromatic carbocycles. The Hall–Kier alpha value is -0.870. The predicted octanol–water partition coefficient (Wildman–Crippen LogP) is 3.40. The van der Waals surface area contributed by atoms with Crippen molar-refractivity contribution in [3.05, 3.63) is 34.3 Å². The number of benzene rings is 1. The molecular formula is C15H23BrN2O. The second-order valence-electron chi connectivity index (χ2n) is 5.77. The first-order valence-electron chi connectivity index (χ1n) is 6.58. The number of hydrogen-bond donors (Lipinski definition) is 2. The van der Waals surface area contributed by atoms with Gasteiger partial charge in [-0.25, -0.2) is 0 Å². The van der Waals surface area contributed by atoms with Crippen molar-refractivity contribution in [3.63, 3.8) is 0 Å². The average molecular weight is 327 g/mol. The van der Waals surface area contributed by atoms with Gasteiger partial charge in [0.15, 0.2) is 0 Å². The summed E-state index contributed by atoms with van der Waals surface area (Å²) in [4.78, 5) is 11.8. The first-order chi connectivity index (χ1) is 8.78. The van der Waals surface area contributed by atoms with Crippen LogP contribution in [0, 0.1) is 0 Å². The van der Waals surface area contributed by atoms with Gasteiger partial charge in [-0.15, -0.1) is 0 Å². The standard InChI is InChI=1S/C15H23BrN2O/c1-11(12-6-5-7-13(16)10-12)18-14(19)8-9-17-15(2,3)4/h5-7,10-11,17H,8-9H2,1-4H3,(H,18,19)/t11-/m0/s1. The molecule has 0 aliphatic rings. The average Bonchev–Trinajstić information content (AvgIpc) is 2.27. The fraction of sp³-hybridized carbons (Fsp3) is 0.533. The summed E-state index contributed by atoms with van der Waals surface area (Å²) in [7, 11) is 0. The number of amides is 1. The molecule has 0 fully saturated rings. The van der Waals surface area contributed by atoms with E-state index >= 15 is 0 Å². The Labute approximate surface area is 124 Å². The van der Waals surface area contributed by atoms with Gasteiger partial charge in [0, 0.05) is 23.0 Å². The van der Waals surface area contributed by atoms with Crippen molar-refractivity contribution < 1.29 is 4.79 Å². The molecule has 1 rings (SSSR count). The van der Waals surface area contributed by atoms with E-state index in [2.05, 4.69) is 47.3 Å². The fourth-order valence-electron chi connectivity index (χ4n) is 1.72. The van der Waals surface area contributed by atoms with Gasteiger partial charge in [0.05, 0.1) is 6.04 Å². The molecule has 0 aliphatic heterocycles. The lowest BCUT2D eigenvalue weighted by molar-refractivity contribution is -0.121. The normalized spacial score (nSPS) is 13.1. The monoisotopic (exact) mass is 326 g/mol. The molecule has 0 aromatic heterocycles. The van der Waals surface area contributed by atoms with Gasteiger partial charge in [-0.3, -0.25) is 4.79 Å². The van der Waals surface area contributed by atoms with Crippen molar-refractivity contribution in [1.82, 2.24) is 10.6 Å². The lowest BCUT2D eigenvalue weighted by Crippen LogP contribution is -2.38. The Kier molecular flexibility index (Phi) is 6.01. The van der Waals surface area contributed by atoms with Crippen molar-refractivity contribution in [3.8, 4) is 0 Å². The van der Waals surface area contributed by atoms with Crippen LogP contribution >= 0.6 is 15.9 Å². The van der Waals surface area contributed by atoms with Gasteiger partial charge in [-0.2, -0.15) is 0 Å². The van der Waals surface area contributed by atoms with Crippen LogP contribution in [0.3, 0.4) is 0 Å². The molecule has 3 nitrogen and oxygen atoms in total. The van der Waals surface area contributed by atoms with Crippen molar-refractivity contribution in [1.29, 1.82) is 0 Å². The number of carbonyl (C=O) groups is 1. The Balaban J connectivity index is 2.40. The highest BCUT2D eigenvalue weighted by Crippen LogP contribution is 2.17. The molecule has 0 heterocycles. The SMILES string of the molecule is C[C@H](NC(=O)CCNC(C)(C)C)c1cccc(Br)c1. The zero-order chi connectivity index (χ0) is 14.5. The molecule has 4 heteroatoms. The van der Waals surface area contributed by atoms with Crippen LogP contribution in [0.15, 0.2) is 28.7 Å². The first kappa shape index (κ1) is 16.2. The summed E-state index contributed by atoms with van der Waals surface area (Å²) in [6, 6.07) is 8.02. The second-order valence-corrected chi connectivity index (χ2v) is 6.69. The minimum Gasteiger partial charge on any atom is -0.350 e. The highest BCUT2D eigenvalue weighted by atomic mass is 79.9. The van der Waals surface area contributed by atoms with E-state index in [1.807, 2.05) is 31.2 Å². The number of nitrogens with one attached hydrogen (secondary N) is 2. The molecule has 1 amide bonds. The van der Waals surface area contributed by atoms with Crippen molar-refractivity contribution in [2.24, 2.45) is 0 Å². The summed E-state index contributed by atoms with van der Waals surface area (Å²) in [5.41, 5.74) is 1.16. The Bertz CT molecular complexity index is 426. The van der Waals surface area contributed by atoms with Crippen molar-refractivity contribution in [2.75, 3.05) is 6.54 Å². The predicted molar refractivity (Wildman–Crippen MR) is 83.1 cm³/mol. The van der Waals surface area contributed by atoms with Crippen LogP contribution in [0.25, 0.3) is 0 Å². The fourth-order valence-corrected chi connectivity index (χ4v) is 2.14. The summed E-state index contributed by atoms with van der Waals surface area (Å²) in [6.45, 7) is 8.97. The molecule has 2 N–H and O–H groups in total. The van der Waals surface area contributed by atoms with Crippen LogP contribution in [0.4, 0.5) is 0 Å². The van der Waals surface area contributed by atoms with Crippen molar-refractivity contribution >= 4 is 21.8 Å². The summed E-state index contributed by atoms with van der Waals surface area (Å²) >= 11 is 3.44. The zero-order valence-corrected chi connectivity index (χ0v) is 13.7. The summed E-state index contributed by atoms with van der Waals surface area (Å²) in [6.07, 6.45) is 0.496. The third kappa shape index (κ3) is 6.73. The van der Waals surface area contributed by atoms with Crippen LogP contribution in [0.5, 0.6) is 0 Å². The topological polar surface area (TPSA) is 41.1 Å². The highest BCUT2D eigenvalue weighted by molar-refractivity contribution is 9.10. The lowest BCUT2D eigenvalue weighted by Gasteiger charge is -2.21. The molecule has 1 aromatic rings. The van der Waals surface area contributed by atoms with E-state index in [0.29, 0.717) is 13.0 Å². The maximum Gasteiger partial charge on any atom is 0.221 e. The first-order valence-corrected chi connectivity index (χ1v) is 7.37. The number of carbonyl (C=O) groups excluding carboxylic acids is 1. The second kappa shape index (κ2) is 7.06. The highest BCUT2D eigenvalue weighted by Gasteiger charge is 2.12. The van der Waals surface area contributed by atoms with Gasteiger partial charge < -0.3 is 10.6 Å². The van der Waals surface area contributed by atoms with Gasteiger partial charge in [-0.1, -0.05) is 28.1 Å². The molecule has 19 heavy (non-hydrogen) atoms. The molecule has 0 saturated heterocycles. The third-order valence-corrected chi connectivity index (χ3v) is 3.23. The van der Waals surface area contributed by atoms with Crippen molar-refractivity contribution in [2.45, 2.75) is 45.7 Å². The van der Waals surface area contributed by atoms with Crippen LogP contribution < -0.4 is 10.6 Å². The largest absolute Gasteiger partial charge is 0.350 e. The van der Waals surface area contributed by atoms with Crippen LogP contribution in [-0.2, 0) is 4.79 Å². The third-order valence-electron chi connectivity index (χ3n) is 2.73.